The van der Waals surface area contributed by atoms with Crippen molar-refractivity contribution in [3.8, 4) is 11.5 Å². The summed E-state index contributed by atoms with van der Waals surface area (Å²) in [7, 11) is -3.78. The van der Waals surface area contributed by atoms with Crippen molar-refractivity contribution in [3.63, 3.8) is 0 Å². The lowest BCUT2D eigenvalue weighted by atomic mass is 9.98. The molecule has 178 valence electrons. The van der Waals surface area contributed by atoms with E-state index in [9.17, 15) is 13.2 Å². The van der Waals surface area contributed by atoms with Gasteiger partial charge in [-0.05, 0) is 56.0 Å². The van der Waals surface area contributed by atoms with Crippen molar-refractivity contribution in [1.82, 2.24) is 14.5 Å². The second-order valence-corrected chi connectivity index (χ2v) is 11.6. The molecule has 0 N–H and O–H groups in total. The van der Waals surface area contributed by atoms with Crippen LogP contribution in [0.2, 0.25) is 0 Å². The number of halogens is 1. The molecule has 2 aliphatic rings. The van der Waals surface area contributed by atoms with E-state index in [4.69, 9.17) is 4.42 Å². The molecule has 3 heterocycles. The normalized spacial score (nSPS) is 17.2. The van der Waals surface area contributed by atoms with E-state index in [1.54, 1.807) is 11.0 Å². The maximum atomic E-state index is 13.6. The minimum absolute atomic E-state index is 0.000508. The fraction of sp³-hybridized carbons (Fsp3) is 0.375. The summed E-state index contributed by atoms with van der Waals surface area (Å²) in [5, 5.41) is 8.45. The number of aromatic nitrogens is 2. The third kappa shape index (κ3) is 4.18. The van der Waals surface area contributed by atoms with Crippen LogP contribution < -0.4 is 4.90 Å². The summed E-state index contributed by atoms with van der Waals surface area (Å²) >= 11 is 3.44. The monoisotopic (exact) mass is 544 g/mol. The van der Waals surface area contributed by atoms with Gasteiger partial charge in [0.2, 0.25) is 27.7 Å². The molecular formula is C24H25BrN4O4S. The van der Waals surface area contributed by atoms with E-state index in [0.29, 0.717) is 60.8 Å². The van der Waals surface area contributed by atoms with Crippen molar-refractivity contribution in [2.24, 2.45) is 0 Å². The molecule has 3 aromatic rings. The Morgan fingerprint density at radius 2 is 1.88 bits per heavy atom. The van der Waals surface area contributed by atoms with Crippen LogP contribution in [-0.4, -0.2) is 48.5 Å². The Labute approximate surface area is 207 Å². The lowest BCUT2D eigenvalue weighted by Crippen LogP contribution is -2.39. The molecule has 0 atom stereocenters. The molecule has 8 nitrogen and oxygen atoms in total. The molecule has 2 aliphatic heterocycles. The van der Waals surface area contributed by atoms with Crippen molar-refractivity contribution in [1.29, 1.82) is 0 Å². The number of carbonyl (C=O) groups excluding carboxylic acids is 1. The molecule has 0 saturated carbocycles. The molecule has 1 amide bonds. The largest absolute Gasteiger partial charge is 0.420 e. The van der Waals surface area contributed by atoms with E-state index in [2.05, 4.69) is 26.1 Å². The first kappa shape index (κ1) is 23.2. The van der Waals surface area contributed by atoms with Gasteiger partial charge in [-0.15, -0.1) is 10.2 Å². The molecule has 0 bridgehead atoms. The highest BCUT2D eigenvalue weighted by molar-refractivity contribution is 9.10. The van der Waals surface area contributed by atoms with E-state index >= 15 is 0 Å². The summed E-state index contributed by atoms with van der Waals surface area (Å²) in [6.07, 6.45) is 1.81. The Balaban J connectivity index is 1.35. The number of nitrogens with zero attached hydrogens (tertiary/aromatic N) is 4. The van der Waals surface area contributed by atoms with Gasteiger partial charge in [0.25, 0.3) is 0 Å². The van der Waals surface area contributed by atoms with Crippen LogP contribution in [0.4, 0.5) is 5.69 Å². The molecule has 5 rings (SSSR count). The second kappa shape index (κ2) is 8.90. The summed E-state index contributed by atoms with van der Waals surface area (Å²) in [5.74, 6) is 0.860. The maximum Gasteiger partial charge on any atom is 0.247 e. The number of amides is 1. The number of piperidine rings is 1. The highest BCUT2D eigenvalue weighted by atomic mass is 79.9. The molecule has 0 radical (unpaired) electrons. The molecule has 1 fully saturated rings. The molecule has 10 heteroatoms. The van der Waals surface area contributed by atoms with Gasteiger partial charge in [-0.3, -0.25) is 4.79 Å². The second-order valence-electron chi connectivity index (χ2n) is 8.83. The Morgan fingerprint density at radius 1 is 1.12 bits per heavy atom. The number of sulfonamides is 1. The van der Waals surface area contributed by atoms with Crippen LogP contribution in [0.5, 0.6) is 0 Å². The van der Waals surface area contributed by atoms with Crippen LogP contribution in [0.3, 0.4) is 0 Å². The first-order valence-corrected chi connectivity index (χ1v) is 13.5. The third-order valence-electron chi connectivity index (χ3n) is 6.50. The molecule has 0 unspecified atom stereocenters. The van der Waals surface area contributed by atoms with Gasteiger partial charge in [0.05, 0.1) is 5.69 Å². The Hall–Kier alpha value is -2.56. The first-order valence-electron chi connectivity index (χ1n) is 11.2. The van der Waals surface area contributed by atoms with Gasteiger partial charge in [0, 0.05) is 42.5 Å². The Kier molecular flexibility index (Phi) is 6.07. The number of fused-ring (bicyclic) bond motifs is 1. The van der Waals surface area contributed by atoms with Crippen molar-refractivity contribution in [2.45, 2.75) is 43.9 Å². The summed E-state index contributed by atoms with van der Waals surface area (Å²) in [4.78, 5) is 13.9. The zero-order valence-corrected chi connectivity index (χ0v) is 21.4. The van der Waals surface area contributed by atoms with E-state index in [-0.39, 0.29) is 16.7 Å². The molecule has 34 heavy (non-hydrogen) atoms. The van der Waals surface area contributed by atoms with Crippen molar-refractivity contribution in [3.05, 3.63) is 57.9 Å². The summed E-state index contributed by atoms with van der Waals surface area (Å²) in [5.41, 5.74) is 3.36. The molecule has 1 saturated heterocycles. The SMILES string of the molecule is CC(=O)N1CCc2cc(Br)cc(S(=O)(=O)N3CCC(c4nnc(-c5cccc(C)c5)o4)CC3)c21. The molecule has 0 aliphatic carbocycles. The highest BCUT2D eigenvalue weighted by Crippen LogP contribution is 2.40. The smallest absolute Gasteiger partial charge is 0.247 e. The van der Waals surface area contributed by atoms with Crippen LogP contribution >= 0.6 is 15.9 Å². The van der Waals surface area contributed by atoms with E-state index in [0.717, 1.165) is 16.7 Å². The number of rotatable bonds is 4. The van der Waals surface area contributed by atoms with E-state index in [1.165, 1.54) is 11.2 Å². The maximum absolute atomic E-state index is 13.6. The number of aryl methyl sites for hydroxylation is 1. The van der Waals surface area contributed by atoms with Crippen LogP contribution in [-0.2, 0) is 21.2 Å². The summed E-state index contributed by atoms with van der Waals surface area (Å²) < 4.78 is 35.4. The van der Waals surface area contributed by atoms with Crippen molar-refractivity contribution >= 4 is 37.5 Å². The lowest BCUT2D eigenvalue weighted by Gasteiger charge is -2.31. The Bertz CT molecular complexity index is 1360. The lowest BCUT2D eigenvalue weighted by molar-refractivity contribution is -0.116. The van der Waals surface area contributed by atoms with Gasteiger partial charge in [0.1, 0.15) is 4.90 Å². The zero-order valence-electron chi connectivity index (χ0n) is 19.0. The number of anilines is 1. The first-order chi connectivity index (χ1) is 16.2. The van der Waals surface area contributed by atoms with Crippen molar-refractivity contribution < 1.29 is 17.6 Å². The van der Waals surface area contributed by atoms with Crippen LogP contribution in [0.1, 0.15) is 42.7 Å². The predicted molar refractivity (Wildman–Crippen MR) is 131 cm³/mol. The minimum Gasteiger partial charge on any atom is -0.420 e. The fourth-order valence-corrected chi connectivity index (χ4v) is 7.15. The van der Waals surface area contributed by atoms with Crippen LogP contribution in [0.25, 0.3) is 11.5 Å². The zero-order chi connectivity index (χ0) is 24.0. The highest BCUT2D eigenvalue weighted by Gasteiger charge is 2.37. The summed E-state index contributed by atoms with van der Waals surface area (Å²) in [6.45, 7) is 4.65. The topological polar surface area (TPSA) is 96.6 Å². The van der Waals surface area contributed by atoms with Gasteiger partial charge in [-0.2, -0.15) is 4.31 Å². The van der Waals surface area contributed by atoms with E-state index in [1.807, 2.05) is 37.3 Å². The number of carbonyl (C=O) groups is 1. The average molecular weight is 545 g/mol. The standard InChI is InChI=1S/C24H25BrN4O4S/c1-15-4-3-5-19(12-15)24-27-26-23(33-24)17-6-9-28(10-7-17)34(31,32)21-14-20(25)13-18-8-11-29(16(2)30)22(18)21/h3-5,12-14,17H,6-11H2,1-2H3. The van der Waals surface area contributed by atoms with Gasteiger partial charge < -0.3 is 9.32 Å². The number of benzene rings is 2. The predicted octanol–water partition coefficient (Wildman–Crippen LogP) is 4.28. The minimum atomic E-state index is -3.78. The quantitative estimate of drug-likeness (QED) is 0.486. The van der Waals surface area contributed by atoms with Crippen LogP contribution in [0, 0.1) is 6.92 Å². The van der Waals surface area contributed by atoms with Gasteiger partial charge >= 0.3 is 0 Å². The summed E-state index contributed by atoms with van der Waals surface area (Å²) in [6, 6.07) is 11.4. The van der Waals surface area contributed by atoms with Gasteiger partial charge in [-0.1, -0.05) is 33.6 Å². The van der Waals surface area contributed by atoms with Gasteiger partial charge in [0.15, 0.2) is 0 Å². The molecular weight excluding hydrogens is 520 g/mol. The van der Waals surface area contributed by atoms with Crippen molar-refractivity contribution in [2.75, 3.05) is 24.5 Å². The molecule has 0 spiro atoms. The average Bonchev–Trinajstić information content (AvgIpc) is 3.46. The van der Waals surface area contributed by atoms with E-state index < -0.39 is 10.0 Å². The molecule has 2 aromatic carbocycles. The molecule has 1 aromatic heterocycles. The Morgan fingerprint density at radius 3 is 2.59 bits per heavy atom. The number of hydrogen-bond acceptors (Lipinski definition) is 6. The third-order valence-corrected chi connectivity index (χ3v) is 8.87. The van der Waals surface area contributed by atoms with Gasteiger partial charge in [-0.25, -0.2) is 8.42 Å². The fourth-order valence-electron chi connectivity index (χ4n) is 4.76. The number of hydrogen-bond donors (Lipinski definition) is 0. The van der Waals surface area contributed by atoms with Crippen LogP contribution in [0.15, 0.2) is 50.2 Å².